The highest BCUT2D eigenvalue weighted by molar-refractivity contribution is 7.92. The summed E-state index contributed by atoms with van der Waals surface area (Å²) in [5, 5.41) is 11.3. The summed E-state index contributed by atoms with van der Waals surface area (Å²) in [6, 6.07) is 5.38. The molecular formula is C18H21NO6S. The van der Waals surface area contributed by atoms with E-state index in [-0.39, 0.29) is 18.1 Å². The van der Waals surface area contributed by atoms with Crippen LogP contribution in [0.5, 0.6) is 0 Å². The number of benzene rings is 1. The molecule has 0 aromatic heterocycles. The maximum Gasteiger partial charge on any atom is 0.329 e. The molecule has 0 bridgehead atoms. The number of esters is 1. The van der Waals surface area contributed by atoms with Crippen LogP contribution in [0.25, 0.3) is 0 Å². The highest BCUT2D eigenvalue weighted by atomic mass is 32.2. The van der Waals surface area contributed by atoms with Crippen molar-refractivity contribution >= 4 is 21.7 Å². The van der Waals surface area contributed by atoms with Crippen LogP contribution in [0.1, 0.15) is 29.3 Å². The number of amides is 1. The molecule has 1 saturated heterocycles. The Morgan fingerprint density at radius 2 is 1.92 bits per heavy atom. The fourth-order valence-corrected chi connectivity index (χ4v) is 5.16. The fourth-order valence-electron chi connectivity index (χ4n) is 2.90. The van der Waals surface area contributed by atoms with Gasteiger partial charge in [-0.3, -0.25) is 4.79 Å². The van der Waals surface area contributed by atoms with Crippen LogP contribution < -0.4 is 5.32 Å². The first kappa shape index (κ1) is 19.9. The number of sulfone groups is 1. The minimum atomic E-state index is -3.19. The largest absolute Gasteiger partial charge is 0.467 e. The Morgan fingerprint density at radius 3 is 2.42 bits per heavy atom. The number of hydrogen-bond acceptors (Lipinski definition) is 6. The van der Waals surface area contributed by atoms with Crippen LogP contribution in [-0.2, 0) is 19.4 Å². The molecule has 7 nitrogen and oxygen atoms in total. The summed E-state index contributed by atoms with van der Waals surface area (Å²) in [4.78, 5) is 24.5. The fraction of sp³-hybridized carbons (Fsp3) is 0.444. The lowest BCUT2D eigenvalue weighted by atomic mass is 9.85. The van der Waals surface area contributed by atoms with Gasteiger partial charge in [0.15, 0.2) is 9.84 Å². The van der Waals surface area contributed by atoms with E-state index in [9.17, 15) is 18.0 Å². The Kier molecular flexibility index (Phi) is 6.05. The number of aliphatic hydroxyl groups excluding tert-OH is 1. The van der Waals surface area contributed by atoms with Gasteiger partial charge in [-0.05, 0) is 24.3 Å². The van der Waals surface area contributed by atoms with Crippen LogP contribution in [0.2, 0.25) is 0 Å². The van der Waals surface area contributed by atoms with Crippen molar-refractivity contribution in [3.05, 3.63) is 35.4 Å². The Hall–Kier alpha value is -2.37. The molecule has 1 fully saturated rings. The third-order valence-electron chi connectivity index (χ3n) is 4.13. The van der Waals surface area contributed by atoms with E-state index in [1.807, 2.05) is 0 Å². The number of aliphatic hydroxyl groups is 1. The van der Waals surface area contributed by atoms with Gasteiger partial charge in [0.25, 0.3) is 5.91 Å². The van der Waals surface area contributed by atoms with Crippen LogP contribution in [0.15, 0.2) is 24.3 Å². The highest BCUT2D eigenvalue weighted by Gasteiger charge is 2.53. The molecule has 1 atom stereocenters. The summed E-state index contributed by atoms with van der Waals surface area (Å²) in [5.74, 6) is 4.09. The van der Waals surface area contributed by atoms with Crippen molar-refractivity contribution in [3.8, 4) is 11.8 Å². The second kappa shape index (κ2) is 7.89. The van der Waals surface area contributed by atoms with Crippen LogP contribution in [-0.4, -0.2) is 56.7 Å². The number of methoxy groups -OCH3 is 1. The summed E-state index contributed by atoms with van der Waals surface area (Å²) in [6.07, 6.45) is 0.366. The molecule has 2 N–H and O–H groups in total. The van der Waals surface area contributed by atoms with Crippen molar-refractivity contribution < 1.29 is 27.9 Å². The second-order valence-corrected chi connectivity index (χ2v) is 8.53. The zero-order valence-corrected chi connectivity index (χ0v) is 15.4. The smallest absolute Gasteiger partial charge is 0.329 e. The van der Waals surface area contributed by atoms with E-state index in [1.54, 1.807) is 31.2 Å². The lowest BCUT2D eigenvalue weighted by molar-refractivity contribution is -0.145. The Bertz CT molecular complexity index is 836. The van der Waals surface area contributed by atoms with E-state index in [0.717, 1.165) is 0 Å². The molecular weight excluding hydrogens is 358 g/mol. The first-order valence-corrected chi connectivity index (χ1v) is 9.82. The van der Waals surface area contributed by atoms with Crippen molar-refractivity contribution in [1.82, 2.24) is 5.32 Å². The molecule has 1 aliphatic rings. The third kappa shape index (κ3) is 4.62. The predicted octanol–water partition coefficient (Wildman–Crippen LogP) is 0.127. The average molecular weight is 379 g/mol. The van der Waals surface area contributed by atoms with Gasteiger partial charge in [-0.1, -0.05) is 18.8 Å². The molecule has 0 saturated carbocycles. The van der Waals surface area contributed by atoms with E-state index in [1.165, 1.54) is 7.11 Å². The summed E-state index contributed by atoms with van der Waals surface area (Å²) in [5.41, 5.74) is 0.117. The molecule has 0 spiro atoms. The molecule has 1 amide bonds. The van der Waals surface area contributed by atoms with Gasteiger partial charge in [-0.2, -0.15) is 0 Å². The maximum absolute atomic E-state index is 12.5. The number of rotatable bonds is 5. The maximum atomic E-state index is 12.5. The lowest BCUT2D eigenvalue weighted by Gasteiger charge is -2.42. The van der Waals surface area contributed by atoms with Gasteiger partial charge < -0.3 is 15.2 Å². The van der Waals surface area contributed by atoms with Crippen molar-refractivity contribution in [1.29, 1.82) is 0 Å². The minimum absolute atomic E-state index is 0.0170. The van der Waals surface area contributed by atoms with E-state index >= 15 is 0 Å². The number of carbonyl (C=O) groups excluding carboxylic acids is 2. The van der Waals surface area contributed by atoms with Gasteiger partial charge in [0, 0.05) is 23.0 Å². The first-order valence-electron chi connectivity index (χ1n) is 8.00. The van der Waals surface area contributed by atoms with Crippen LogP contribution in [0.3, 0.4) is 0 Å². The summed E-state index contributed by atoms with van der Waals surface area (Å²) >= 11 is 0. The third-order valence-corrected chi connectivity index (χ3v) is 6.32. The molecule has 0 radical (unpaired) electrons. The van der Waals surface area contributed by atoms with Crippen molar-refractivity contribution in [2.24, 2.45) is 5.41 Å². The predicted molar refractivity (Wildman–Crippen MR) is 95.1 cm³/mol. The molecule has 1 aromatic rings. The second-order valence-electron chi connectivity index (χ2n) is 6.47. The zero-order valence-electron chi connectivity index (χ0n) is 14.6. The molecule has 2 rings (SSSR count). The van der Waals surface area contributed by atoms with E-state index in [0.29, 0.717) is 17.5 Å². The molecule has 140 valence electrons. The zero-order chi connectivity index (χ0) is 19.4. The summed E-state index contributed by atoms with van der Waals surface area (Å²) in [7, 11) is -1.99. The monoisotopic (exact) mass is 379 g/mol. The van der Waals surface area contributed by atoms with Crippen LogP contribution >= 0.6 is 0 Å². The van der Waals surface area contributed by atoms with Gasteiger partial charge in [0.1, 0.15) is 6.04 Å². The SMILES string of the molecule is COC(=O)C(NC(=O)c1ccc(C#CCCO)cc1)C1(C)CS(=O)(=O)C1. The summed E-state index contributed by atoms with van der Waals surface area (Å²) in [6.45, 7) is 1.62. The molecule has 1 unspecified atom stereocenters. The highest BCUT2D eigenvalue weighted by Crippen LogP contribution is 2.36. The minimum Gasteiger partial charge on any atom is -0.467 e. The van der Waals surface area contributed by atoms with E-state index in [2.05, 4.69) is 17.2 Å². The molecule has 0 aliphatic carbocycles. The van der Waals surface area contributed by atoms with Gasteiger partial charge in [-0.25, -0.2) is 13.2 Å². The number of nitrogens with one attached hydrogen (secondary N) is 1. The lowest BCUT2D eigenvalue weighted by Crippen LogP contribution is -2.62. The van der Waals surface area contributed by atoms with Crippen molar-refractivity contribution in [2.45, 2.75) is 19.4 Å². The standard InChI is InChI=1S/C18H21NO6S/c1-18(11-26(23,24)12-18)15(17(22)25-2)19-16(21)14-8-6-13(7-9-14)5-3-4-10-20/h6-9,15,20H,4,10-12H2,1-2H3,(H,19,21). The number of ether oxygens (including phenoxy) is 1. The number of carbonyl (C=O) groups is 2. The Balaban J connectivity index is 2.12. The van der Waals surface area contributed by atoms with Gasteiger partial charge >= 0.3 is 5.97 Å². The van der Waals surface area contributed by atoms with E-state index in [4.69, 9.17) is 9.84 Å². The van der Waals surface area contributed by atoms with Crippen LogP contribution in [0.4, 0.5) is 0 Å². The Labute approximate surface area is 152 Å². The van der Waals surface area contributed by atoms with Gasteiger partial charge in [0.2, 0.25) is 0 Å². The van der Waals surface area contributed by atoms with Crippen molar-refractivity contribution in [3.63, 3.8) is 0 Å². The molecule has 26 heavy (non-hydrogen) atoms. The normalized spacial score (nSPS) is 17.8. The Morgan fingerprint density at radius 1 is 1.31 bits per heavy atom. The van der Waals surface area contributed by atoms with Crippen LogP contribution in [0, 0.1) is 17.3 Å². The van der Waals surface area contributed by atoms with Gasteiger partial charge in [-0.15, -0.1) is 0 Å². The van der Waals surface area contributed by atoms with Gasteiger partial charge in [0.05, 0.1) is 25.2 Å². The summed E-state index contributed by atoms with van der Waals surface area (Å²) < 4.78 is 27.8. The average Bonchev–Trinajstić information content (AvgIpc) is 2.57. The van der Waals surface area contributed by atoms with Crippen molar-refractivity contribution in [2.75, 3.05) is 25.2 Å². The first-order chi connectivity index (χ1) is 12.2. The molecule has 8 heteroatoms. The molecule has 1 aromatic carbocycles. The van der Waals surface area contributed by atoms with E-state index < -0.39 is 33.2 Å². The molecule has 1 heterocycles. The molecule has 1 aliphatic heterocycles. The topological polar surface area (TPSA) is 110 Å². The number of hydrogen-bond donors (Lipinski definition) is 2. The quantitative estimate of drug-likeness (QED) is 0.556.